The van der Waals surface area contributed by atoms with Crippen LogP contribution in [0.5, 0.6) is 0 Å². The maximum absolute atomic E-state index is 8.05. The maximum atomic E-state index is 8.05. The van der Waals surface area contributed by atoms with Gasteiger partial charge in [-0.15, -0.1) is 0 Å². The summed E-state index contributed by atoms with van der Waals surface area (Å²) in [6.07, 6.45) is 0.824. The molecule has 0 saturated heterocycles. The maximum Gasteiger partial charge on any atom is 0.0298 e. The molecule has 0 aliphatic heterocycles. The highest BCUT2D eigenvalue weighted by molar-refractivity contribution is 5.21. The molecule has 0 aliphatic rings. The van der Waals surface area contributed by atoms with E-state index in [2.05, 4.69) is 41.2 Å². The Balaban J connectivity index is 2.53. The molecule has 1 rings (SSSR count). The van der Waals surface area contributed by atoms with Gasteiger partial charge in [-0.1, -0.05) is 34.9 Å². The van der Waals surface area contributed by atoms with Crippen LogP contribution < -0.4 is 0 Å². The van der Waals surface area contributed by atoms with Crippen molar-refractivity contribution in [1.82, 2.24) is 0 Å². The third-order valence-corrected chi connectivity index (χ3v) is 1.68. The summed E-state index contributed by atoms with van der Waals surface area (Å²) in [5.41, 5.74) is 10.5. The number of rotatable bonds is 3. The van der Waals surface area contributed by atoms with Gasteiger partial charge in [0, 0.05) is 11.5 Å². The predicted molar refractivity (Wildman–Crippen MR) is 48.9 cm³/mol. The van der Waals surface area contributed by atoms with Gasteiger partial charge in [0.05, 0.1) is 0 Å². The lowest BCUT2D eigenvalue weighted by Gasteiger charge is -1.97. The van der Waals surface area contributed by atoms with Crippen molar-refractivity contribution in [1.29, 1.82) is 0 Å². The molecule has 1 aromatic carbocycles. The Morgan fingerprint density at radius 1 is 1.33 bits per heavy atom. The highest BCUT2D eigenvalue weighted by Crippen LogP contribution is 2.03. The second-order valence-electron chi connectivity index (χ2n) is 2.69. The van der Waals surface area contributed by atoms with Gasteiger partial charge < -0.3 is 0 Å². The minimum atomic E-state index is 0.541. The summed E-state index contributed by atoms with van der Waals surface area (Å²) in [6.45, 7) is 2.59. The zero-order chi connectivity index (χ0) is 8.81. The first kappa shape index (κ1) is 8.62. The van der Waals surface area contributed by atoms with E-state index in [-0.39, 0.29) is 0 Å². The average molecular weight is 162 g/mol. The highest BCUT2D eigenvalue weighted by Gasteiger charge is 1.89. The first-order chi connectivity index (χ1) is 5.83. The van der Waals surface area contributed by atoms with Gasteiger partial charge in [0.2, 0.25) is 0 Å². The summed E-state index contributed by atoms with van der Waals surface area (Å²) < 4.78 is 0. The summed E-state index contributed by atoms with van der Waals surface area (Å²) >= 11 is 0. The van der Waals surface area contributed by atoms with E-state index in [0.29, 0.717) is 6.54 Å². The molecule has 0 atom stereocenters. The quantitative estimate of drug-likeness (QED) is 0.284. The van der Waals surface area contributed by atoms with Crippen LogP contribution in [0.3, 0.4) is 0 Å². The molecule has 0 aromatic heterocycles. The van der Waals surface area contributed by atoms with Gasteiger partial charge >= 0.3 is 0 Å². The molecule has 0 heterocycles. The molecular weight excluding hydrogens is 151 g/mol. The van der Waals surface area contributed by atoms with Crippen LogP contribution in [-0.2, 0) is 6.42 Å². The van der Waals surface area contributed by atoms with E-state index in [4.69, 9.17) is 5.53 Å². The molecular formula is C9H11N3. The minimum Gasteiger partial charge on any atom is -0.0936 e. The van der Waals surface area contributed by atoms with Gasteiger partial charge in [-0.05, 0) is 24.4 Å². The summed E-state index contributed by atoms with van der Waals surface area (Å²) in [6, 6.07) is 8.24. The molecule has 0 aliphatic carbocycles. The number of nitrogens with zero attached hydrogens (tertiary/aromatic N) is 3. The summed E-state index contributed by atoms with van der Waals surface area (Å²) in [4.78, 5) is 2.69. The fraction of sp³-hybridized carbons (Fsp3) is 0.333. The monoisotopic (exact) mass is 162 g/mol. The van der Waals surface area contributed by atoms with Crippen molar-refractivity contribution >= 4 is 0 Å². The second-order valence-corrected chi connectivity index (χ2v) is 2.69. The SMILES string of the molecule is Cc1ccc(C[13CH2]N=[N+]=[N-])cc1. The van der Waals surface area contributed by atoms with E-state index in [0.717, 1.165) is 6.42 Å². The molecule has 0 fully saturated rings. The van der Waals surface area contributed by atoms with Crippen molar-refractivity contribution in [2.24, 2.45) is 5.11 Å². The highest BCUT2D eigenvalue weighted by atomic mass is 15.2. The van der Waals surface area contributed by atoms with Crippen molar-refractivity contribution < 1.29 is 0 Å². The van der Waals surface area contributed by atoms with Gasteiger partial charge in [0.1, 0.15) is 0 Å². The second kappa shape index (κ2) is 4.42. The summed E-state index contributed by atoms with van der Waals surface area (Å²) in [5, 5.41) is 3.47. The van der Waals surface area contributed by atoms with Crippen LogP contribution in [-0.4, -0.2) is 6.54 Å². The van der Waals surface area contributed by atoms with Crippen LogP contribution in [0.1, 0.15) is 11.1 Å². The largest absolute Gasteiger partial charge is 0.0936 e. The van der Waals surface area contributed by atoms with Crippen molar-refractivity contribution in [3.05, 3.63) is 45.8 Å². The molecule has 0 N–H and O–H groups in total. The van der Waals surface area contributed by atoms with E-state index in [9.17, 15) is 0 Å². The first-order valence-corrected chi connectivity index (χ1v) is 3.89. The smallest absolute Gasteiger partial charge is 0.0298 e. The topological polar surface area (TPSA) is 48.8 Å². The molecule has 0 radical (unpaired) electrons. The molecule has 0 unspecified atom stereocenters. The molecule has 12 heavy (non-hydrogen) atoms. The lowest BCUT2D eigenvalue weighted by molar-refractivity contribution is 0.955. The van der Waals surface area contributed by atoms with Crippen molar-refractivity contribution in [3.63, 3.8) is 0 Å². The van der Waals surface area contributed by atoms with Crippen molar-refractivity contribution in [2.45, 2.75) is 13.3 Å². The van der Waals surface area contributed by atoms with Gasteiger partial charge in [-0.2, -0.15) is 0 Å². The Morgan fingerprint density at radius 2 is 2.00 bits per heavy atom. The van der Waals surface area contributed by atoms with E-state index in [1.165, 1.54) is 11.1 Å². The third-order valence-electron chi connectivity index (χ3n) is 1.68. The predicted octanol–water partition coefficient (Wildman–Crippen LogP) is 2.85. The van der Waals surface area contributed by atoms with Crippen molar-refractivity contribution in [2.75, 3.05) is 6.54 Å². The van der Waals surface area contributed by atoms with Crippen molar-refractivity contribution in [3.8, 4) is 0 Å². The van der Waals surface area contributed by atoms with Crippen LogP contribution in [0.15, 0.2) is 29.4 Å². The fourth-order valence-corrected chi connectivity index (χ4v) is 0.979. The zero-order valence-corrected chi connectivity index (χ0v) is 7.07. The Bertz CT molecular complexity index is 283. The van der Waals surface area contributed by atoms with E-state index < -0.39 is 0 Å². The summed E-state index contributed by atoms with van der Waals surface area (Å²) in [7, 11) is 0. The molecule has 3 heteroatoms. The number of hydrogen-bond acceptors (Lipinski definition) is 1. The van der Waals surface area contributed by atoms with Crippen LogP contribution in [0.2, 0.25) is 0 Å². The molecule has 62 valence electrons. The molecule has 0 saturated carbocycles. The Morgan fingerprint density at radius 3 is 2.58 bits per heavy atom. The molecule has 0 amide bonds. The van der Waals surface area contributed by atoms with E-state index in [1.807, 2.05) is 0 Å². The van der Waals surface area contributed by atoms with E-state index in [1.54, 1.807) is 0 Å². The number of azide groups is 1. The zero-order valence-electron chi connectivity index (χ0n) is 7.07. The average Bonchev–Trinajstić information content (AvgIpc) is 2.09. The van der Waals surface area contributed by atoms with Gasteiger partial charge in [-0.3, -0.25) is 0 Å². The van der Waals surface area contributed by atoms with Gasteiger partial charge in [-0.25, -0.2) is 0 Å². The molecule has 1 aromatic rings. The van der Waals surface area contributed by atoms with Gasteiger partial charge in [0.15, 0.2) is 0 Å². The summed E-state index contributed by atoms with van der Waals surface area (Å²) in [5.74, 6) is 0. The Hall–Kier alpha value is -1.47. The molecule has 0 spiro atoms. The number of benzene rings is 1. The number of aryl methyl sites for hydroxylation is 1. The molecule has 0 bridgehead atoms. The van der Waals surface area contributed by atoms with Crippen LogP contribution in [0.4, 0.5) is 0 Å². The van der Waals surface area contributed by atoms with Gasteiger partial charge in [0.25, 0.3) is 0 Å². The van der Waals surface area contributed by atoms with Crippen LogP contribution >= 0.6 is 0 Å². The lowest BCUT2D eigenvalue weighted by atomic mass is 10.1. The van der Waals surface area contributed by atoms with Crippen LogP contribution in [0.25, 0.3) is 10.4 Å². The standard InChI is InChI=1S/C9H11N3/c1-8-2-4-9(5-3-8)6-7-11-12-10/h2-5H,6-7H2,1H3/i7+1. The first-order valence-electron chi connectivity index (χ1n) is 3.89. The normalized spacial score (nSPS) is 9.08. The Kier molecular flexibility index (Phi) is 3.17. The number of hydrogen-bond donors (Lipinski definition) is 0. The lowest BCUT2D eigenvalue weighted by Crippen LogP contribution is -1.87. The third kappa shape index (κ3) is 2.64. The van der Waals surface area contributed by atoms with E-state index >= 15 is 0 Å². The van der Waals surface area contributed by atoms with Crippen LogP contribution in [0, 0.1) is 6.92 Å². The Labute approximate surface area is 71.7 Å². The molecule has 3 nitrogen and oxygen atoms in total. The minimum absolute atomic E-state index is 0.541. The fourth-order valence-electron chi connectivity index (χ4n) is 0.979.